The molecule has 1 saturated carbocycles. The maximum absolute atomic E-state index is 13.1. The molecular formula is C21H29N5O7. The van der Waals surface area contributed by atoms with Crippen molar-refractivity contribution in [2.75, 3.05) is 18.9 Å². The van der Waals surface area contributed by atoms with Crippen LogP contribution in [0.25, 0.3) is 0 Å². The van der Waals surface area contributed by atoms with Crippen LogP contribution >= 0.6 is 0 Å². The molecular weight excluding hydrogens is 434 g/mol. The number of carbonyl (C=O) groups excluding carboxylic acids is 4. The molecule has 1 saturated heterocycles. The lowest BCUT2D eigenvalue weighted by atomic mass is 9.64. The number of amides is 3. The molecule has 1 spiro atoms. The van der Waals surface area contributed by atoms with Gasteiger partial charge in [-0.2, -0.15) is 0 Å². The number of hydrogen-bond donors (Lipinski definition) is 2. The Kier molecular flexibility index (Phi) is 5.99. The highest BCUT2D eigenvalue weighted by atomic mass is 16.5. The minimum Gasteiger partial charge on any atom is -0.456 e. The number of rotatable bonds is 5. The van der Waals surface area contributed by atoms with Gasteiger partial charge in [0.25, 0.3) is 11.5 Å². The summed E-state index contributed by atoms with van der Waals surface area (Å²) in [5, 5.41) is 2.75. The summed E-state index contributed by atoms with van der Waals surface area (Å²) in [6.45, 7) is 4.56. The van der Waals surface area contributed by atoms with E-state index >= 15 is 0 Å². The number of Topliss-reactive ketones (excluding diaryl/α,β-unsaturated/α-hetero) is 1. The highest BCUT2D eigenvalue weighted by Crippen LogP contribution is 2.46. The minimum atomic E-state index is -1.07. The summed E-state index contributed by atoms with van der Waals surface area (Å²) in [6.07, 6.45) is 1.84. The highest BCUT2D eigenvalue weighted by Gasteiger charge is 2.56. The van der Waals surface area contributed by atoms with Crippen molar-refractivity contribution in [3.05, 3.63) is 26.4 Å². The number of hydrogen-bond acceptors (Lipinski definition) is 8. The first-order valence-electron chi connectivity index (χ1n) is 10.6. The Morgan fingerprint density at radius 1 is 1.12 bits per heavy atom. The zero-order valence-electron chi connectivity index (χ0n) is 19.4. The average molecular weight is 463 g/mol. The molecule has 1 aromatic heterocycles. The zero-order chi connectivity index (χ0) is 24.9. The molecule has 3 rings (SSSR count). The van der Waals surface area contributed by atoms with Crippen LogP contribution in [0.4, 0.5) is 10.6 Å². The quantitative estimate of drug-likeness (QED) is 0.336. The Hall–Kier alpha value is -3.44. The summed E-state index contributed by atoms with van der Waals surface area (Å²) in [7, 11) is 2.48. The molecule has 2 aliphatic rings. The Bertz CT molecular complexity index is 1160. The normalized spacial score (nSPS) is 24.2. The number of nitrogens with zero attached hydrogens (tertiary/aromatic N) is 3. The summed E-state index contributed by atoms with van der Waals surface area (Å²) in [4.78, 5) is 75.3. The van der Waals surface area contributed by atoms with Crippen LogP contribution in [0.1, 0.15) is 50.4 Å². The molecule has 2 fully saturated rings. The summed E-state index contributed by atoms with van der Waals surface area (Å²) in [6, 6.07) is -0.690. The number of nitrogen functional groups attached to an aromatic ring is 1. The standard InChI is InChI=1S/C21H29N5O7/c1-11-6-20(2,3)10-21(7-11)17(30)26(18(31)23-21)8-13(28)33-9-12(27)14-15(22)24(4)19(32)25(5)16(14)29/h11H,6-10,22H2,1-5H3,(H,23,31)/t11-,21+/m1/s1. The van der Waals surface area contributed by atoms with Gasteiger partial charge in [0.05, 0.1) is 0 Å². The summed E-state index contributed by atoms with van der Waals surface area (Å²) in [5.74, 6) is -2.54. The number of nitrogens with two attached hydrogens (primary N) is 1. The van der Waals surface area contributed by atoms with E-state index in [-0.39, 0.29) is 17.2 Å². The van der Waals surface area contributed by atoms with Crippen LogP contribution in [0, 0.1) is 11.3 Å². The van der Waals surface area contributed by atoms with Gasteiger partial charge in [0.15, 0.2) is 6.61 Å². The maximum atomic E-state index is 13.1. The van der Waals surface area contributed by atoms with Crippen LogP contribution in [-0.4, -0.2) is 56.4 Å². The van der Waals surface area contributed by atoms with E-state index in [4.69, 9.17) is 10.5 Å². The lowest BCUT2D eigenvalue weighted by Gasteiger charge is -2.43. The molecule has 0 aromatic carbocycles. The molecule has 3 amide bonds. The number of nitrogens with one attached hydrogen (secondary N) is 1. The van der Waals surface area contributed by atoms with E-state index in [1.54, 1.807) is 0 Å². The van der Waals surface area contributed by atoms with Gasteiger partial charge >= 0.3 is 17.7 Å². The fourth-order valence-corrected chi connectivity index (χ4v) is 5.16. The third-order valence-electron chi connectivity index (χ3n) is 6.26. The van der Waals surface area contributed by atoms with Crippen molar-refractivity contribution in [1.82, 2.24) is 19.4 Å². The van der Waals surface area contributed by atoms with Gasteiger partial charge in [-0.15, -0.1) is 0 Å². The van der Waals surface area contributed by atoms with Crippen molar-refractivity contribution in [3.8, 4) is 0 Å². The van der Waals surface area contributed by atoms with E-state index in [1.807, 2.05) is 20.8 Å². The van der Waals surface area contributed by atoms with Crippen LogP contribution in [0.15, 0.2) is 9.59 Å². The number of esters is 1. The highest BCUT2D eigenvalue weighted by molar-refractivity contribution is 6.09. The van der Waals surface area contributed by atoms with E-state index in [0.717, 1.165) is 15.9 Å². The number of imide groups is 1. The van der Waals surface area contributed by atoms with Gasteiger partial charge in [0.1, 0.15) is 23.5 Å². The molecule has 1 aliphatic carbocycles. The molecule has 2 atom stereocenters. The molecule has 1 aliphatic heterocycles. The van der Waals surface area contributed by atoms with Gasteiger partial charge in [0, 0.05) is 14.1 Å². The predicted octanol–water partition coefficient (Wildman–Crippen LogP) is -0.471. The van der Waals surface area contributed by atoms with Crippen molar-refractivity contribution in [2.24, 2.45) is 25.4 Å². The second kappa shape index (κ2) is 8.16. The van der Waals surface area contributed by atoms with E-state index in [1.165, 1.54) is 14.1 Å². The number of carbonyl (C=O) groups is 4. The van der Waals surface area contributed by atoms with Crippen molar-refractivity contribution in [3.63, 3.8) is 0 Å². The second-order valence-electron chi connectivity index (χ2n) is 9.81. The van der Waals surface area contributed by atoms with Gasteiger partial charge in [-0.05, 0) is 30.6 Å². The third-order valence-corrected chi connectivity index (χ3v) is 6.26. The molecule has 1 aromatic rings. The second-order valence-corrected chi connectivity index (χ2v) is 9.81. The largest absolute Gasteiger partial charge is 0.456 e. The van der Waals surface area contributed by atoms with Crippen molar-refractivity contribution in [1.29, 1.82) is 0 Å². The van der Waals surface area contributed by atoms with Crippen LogP contribution in [-0.2, 0) is 28.4 Å². The average Bonchev–Trinajstić information content (AvgIpc) is 2.91. The van der Waals surface area contributed by atoms with Gasteiger partial charge in [0.2, 0.25) is 5.78 Å². The molecule has 0 bridgehead atoms. The van der Waals surface area contributed by atoms with Gasteiger partial charge in [-0.1, -0.05) is 20.8 Å². The topological polar surface area (TPSA) is 163 Å². The third kappa shape index (κ3) is 4.29. The Labute approximate surface area is 189 Å². The number of urea groups is 1. The Balaban J connectivity index is 1.69. The number of ether oxygens (including phenoxy) is 1. The van der Waals surface area contributed by atoms with E-state index in [0.29, 0.717) is 17.4 Å². The van der Waals surface area contributed by atoms with Gasteiger partial charge in [-0.3, -0.25) is 33.2 Å². The Morgan fingerprint density at radius 3 is 2.36 bits per heavy atom. The SMILES string of the molecule is C[C@@H]1CC(C)(C)C[C@]2(C1)NC(=O)N(CC(=O)OCC(=O)c1c(N)n(C)c(=O)n(C)c1=O)C2=O. The molecule has 180 valence electrons. The predicted molar refractivity (Wildman–Crippen MR) is 116 cm³/mol. The lowest BCUT2D eigenvalue weighted by molar-refractivity contribution is -0.147. The zero-order valence-corrected chi connectivity index (χ0v) is 19.4. The molecule has 12 nitrogen and oxygen atoms in total. The molecule has 0 unspecified atom stereocenters. The fraction of sp³-hybridized carbons (Fsp3) is 0.619. The first-order chi connectivity index (χ1) is 15.2. The number of anilines is 1. The number of aromatic nitrogens is 2. The van der Waals surface area contributed by atoms with Gasteiger partial charge in [-0.25, -0.2) is 9.59 Å². The molecule has 12 heteroatoms. The van der Waals surface area contributed by atoms with Gasteiger partial charge < -0.3 is 15.8 Å². The summed E-state index contributed by atoms with van der Waals surface area (Å²) >= 11 is 0. The monoisotopic (exact) mass is 463 g/mol. The first-order valence-corrected chi connectivity index (χ1v) is 10.6. The van der Waals surface area contributed by atoms with Crippen LogP contribution < -0.4 is 22.3 Å². The van der Waals surface area contributed by atoms with E-state index in [2.05, 4.69) is 5.32 Å². The molecule has 33 heavy (non-hydrogen) atoms. The van der Waals surface area contributed by atoms with Crippen LogP contribution in [0.5, 0.6) is 0 Å². The summed E-state index contributed by atoms with van der Waals surface area (Å²) in [5.41, 5.74) is 2.39. The minimum absolute atomic E-state index is 0.161. The van der Waals surface area contributed by atoms with Crippen molar-refractivity contribution < 1.29 is 23.9 Å². The van der Waals surface area contributed by atoms with Crippen molar-refractivity contribution in [2.45, 2.75) is 45.6 Å². The van der Waals surface area contributed by atoms with Crippen LogP contribution in [0.3, 0.4) is 0 Å². The van der Waals surface area contributed by atoms with Crippen molar-refractivity contribution >= 4 is 29.5 Å². The maximum Gasteiger partial charge on any atom is 0.332 e. The molecule has 0 radical (unpaired) electrons. The van der Waals surface area contributed by atoms with Crippen LogP contribution in [0.2, 0.25) is 0 Å². The molecule has 3 N–H and O–H groups in total. The fourth-order valence-electron chi connectivity index (χ4n) is 5.16. The number of ketones is 1. The molecule has 2 heterocycles. The lowest BCUT2D eigenvalue weighted by Crippen LogP contribution is -2.54. The van der Waals surface area contributed by atoms with E-state index < -0.39 is 59.2 Å². The first kappa shape index (κ1) is 24.2. The van der Waals surface area contributed by atoms with E-state index in [9.17, 15) is 28.8 Å². The summed E-state index contributed by atoms with van der Waals surface area (Å²) < 4.78 is 6.56. The Morgan fingerprint density at radius 2 is 1.76 bits per heavy atom. The smallest absolute Gasteiger partial charge is 0.332 e.